The molecular weight excluding hydrogens is 222 g/mol. The molecule has 3 nitrogen and oxygen atoms in total. The summed E-state index contributed by atoms with van der Waals surface area (Å²) in [4.78, 5) is 8.56. The Labute approximate surface area is 108 Å². The van der Waals surface area contributed by atoms with E-state index in [2.05, 4.69) is 53.4 Å². The predicted octanol–water partition coefficient (Wildman–Crippen LogP) is 2.87. The lowest BCUT2D eigenvalue weighted by Crippen LogP contribution is -2.24. The standard InChI is InChI=1S/C15H19N3/c1-3-8-18-15(14-11-16-9-10-17-14)13-6-4-12(2)5-7-13/h4-7,9-11,15,18H,3,8H2,1-2H3. The number of nitrogens with zero attached hydrogens (tertiary/aromatic N) is 2. The van der Waals surface area contributed by atoms with Gasteiger partial charge in [0.05, 0.1) is 17.9 Å². The highest BCUT2D eigenvalue weighted by Gasteiger charge is 2.14. The van der Waals surface area contributed by atoms with E-state index >= 15 is 0 Å². The number of nitrogens with one attached hydrogen (secondary N) is 1. The molecule has 1 aromatic heterocycles. The van der Waals surface area contributed by atoms with Crippen molar-refractivity contribution in [2.45, 2.75) is 26.3 Å². The van der Waals surface area contributed by atoms with Crippen LogP contribution in [0.5, 0.6) is 0 Å². The van der Waals surface area contributed by atoms with Crippen molar-refractivity contribution in [2.24, 2.45) is 0 Å². The second-order valence-electron chi connectivity index (χ2n) is 4.43. The smallest absolute Gasteiger partial charge is 0.0801 e. The first-order valence-electron chi connectivity index (χ1n) is 6.37. The van der Waals surface area contributed by atoms with E-state index in [9.17, 15) is 0 Å². The third kappa shape index (κ3) is 3.14. The summed E-state index contributed by atoms with van der Waals surface area (Å²) < 4.78 is 0. The molecule has 0 aliphatic carbocycles. The molecule has 2 aromatic rings. The summed E-state index contributed by atoms with van der Waals surface area (Å²) in [5, 5.41) is 3.52. The van der Waals surface area contributed by atoms with E-state index in [4.69, 9.17) is 0 Å². The van der Waals surface area contributed by atoms with Crippen molar-refractivity contribution < 1.29 is 0 Å². The van der Waals surface area contributed by atoms with Crippen LogP contribution in [-0.4, -0.2) is 16.5 Å². The number of benzene rings is 1. The van der Waals surface area contributed by atoms with Crippen molar-refractivity contribution in [1.29, 1.82) is 0 Å². The van der Waals surface area contributed by atoms with Crippen molar-refractivity contribution >= 4 is 0 Å². The molecule has 1 atom stereocenters. The average Bonchev–Trinajstić information content (AvgIpc) is 2.42. The first kappa shape index (κ1) is 12.7. The van der Waals surface area contributed by atoms with Crippen LogP contribution in [0.25, 0.3) is 0 Å². The Morgan fingerprint density at radius 3 is 2.56 bits per heavy atom. The zero-order valence-electron chi connectivity index (χ0n) is 10.9. The van der Waals surface area contributed by atoms with Gasteiger partial charge in [-0.2, -0.15) is 0 Å². The van der Waals surface area contributed by atoms with Crippen molar-refractivity contribution in [3.63, 3.8) is 0 Å². The Morgan fingerprint density at radius 2 is 1.94 bits per heavy atom. The van der Waals surface area contributed by atoms with E-state index in [-0.39, 0.29) is 6.04 Å². The van der Waals surface area contributed by atoms with Crippen LogP contribution < -0.4 is 5.32 Å². The van der Waals surface area contributed by atoms with E-state index in [1.165, 1.54) is 11.1 Å². The summed E-state index contributed by atoms with van der Waals surface area (Å²) >= 11 is 0. The van der Waals surface area contributed by atoms with Gasteiger partial charge in [-0.05, 0) is 25.5 Å². The maximum atomic E-state index is 4.41. The lowest BCUT2D eigenvalue weighted by molar-refractivity contribution is 0.584. The van der Waals surface area contributed by atoms with Crippen LogP contribution in [0, 0.1) is 6.92 Å². The van der Waals surface area contributed by atoms with Crippen LogP contribution in [0.1, 0.15) is 36.2 Å². The molecule has 1 heterocycles. The van der Waals surface area contributed by atoms with E-state index in [0.717, 1.165) is 18.7 Å². The predicted molar refractivity (Wildman–Crippen MR) is 73.3 cm³/mol. The number of aryl methyl sites for hydroxylation is 1. The third-order valence-corrected chi connectivity index (χ3v) is 2.89. The topological polar surface area (TPSA) is 37.8 Å². The second kappa shape index (κ2) is 6.26. The van der Waals surface area contributed by atoms with Gasteiger partial charge >= 0.3 is 0 Å². The largest absolute Gasteiger partial charge is 0.305 e. The highest BCUT2D eigenvalue weighted by Crippen LogP contribution is 2.19. The average molecular weight is 241 g/mol. The van der Waals surface area contributed by atoms with Gasteiger partial charge < -0.3 is 5.32 Å². The molecule has 0 aliphatic heterocycles. The molecule has 1 unspecified atom stereocenters. The first-order chi connectivity index (χ1) is 8.81. The van der Waals surface area contributed by atoms with Crippen molar-refractivity contribution in [3.05, 3.63) is 59.7 Å². The molecule has 0 saturated carbocycles. The number of aromatic nitrogens is 2. The summed E-state index contributed by atoms with van der Waals surface area (Å²) in [6.07, 6.45) is 6.37. The molecule has 0 spiro atoms. The molecule has 3 heteroatoms. The van der Waals surface area contributed by atoms with E-state index in [0.29, 0.717) is 0 Å². The Kier molecular flexibility index (Phi) is 4.42. The van der Waals surface area contributed by atoms with Gasteiger partial charge in [0.15, 0.2) is 0 Å². The van der Waals surface area contributed by atoms with Gasteiger partial charge in [-0.15, -0.1) is 0 Å². The second-order valence-corrected chi connectivity index (χ2v) is 4.43. The van der Waals surface area contributed by atoms with Gasteiger partial charge in [0, 0.05) is 12.4 Å². The van der Waals surface area contributed by atoms with Gasteiger partial charge in [0.25, 0.3) is 0 Å². The van der Waals surface area contributed by atoms with Gasteiger partial charge in [0.1, 0.15) is 0 Å². The van der Waals surface area contributed by atoms with Gasteiger partial charge in [-0.25, -0.2) is 0 Å². The fraction of sp³-hybridized carbons (Fsp3) is 0.333. The molecule has 0 fully saturated rings. The minimum atomic E-state index is 0.124. The van der Waals surface area contributed by atoms with Crippen LogP contribution in [-0.2, 0) is 0 Å². The zero-order chi connectivity index (χ0) is 12.8. The number of rotatable bonds is 5. The van der Waals surface area contributed by atoms with Crippen LogP contribution in [0.3, 0.4) is 0 Å². The molecule has 0 amide bonds. The number of hydrogen-bond acceptors (Lipinski definition) is 3. The summed E-state index contributed by atoms with van der Waals surface area (Å²) in [6, 6.07) is 8.69. The van der Waals surface area contributed by atoms with Gasteiger partial charge in [-0.1, -0.05) is 36.8 Å². The summed E-state index contributed by atoms with van der Waals surface area (Å²) in [6.45, 7) is 5.23. The van der Waals surface area contributed by atoms with Crippen LogP contribution in [0.4, 0.5) is 0 Å². The summed E-state index contributed by atoms with van der Waals surface area (Å²) in [5.74, 6) is 0. The van der Waals surface area contributed by atoms with E-state index in [1.807, 2.05) is 6.20 Å². The van der Waals surface area contributed by atoms with E-state index < -0.39 is 0 Å². The molecule has 0 aliphatic rings. The Morgan fingerprint density at radius 1 is 1.17 bits per heavy atom. The minimum Gasteiger partial charge on any atom is -0.305 e. The van der Waals surface area contributed by atoms with Gasteiger partial charge in [-0.3, -0.25) is 9.97 Å². The molecule has 1 aromatic carbocycles. The molecule has 0 bridgehead atoms. The van der Waals surface area contributed by atoms with Crippen LogP contribution in [0.2, 0.25) is 0 Å². The maximum absolute atomic E-state index is 4.41. The van der Waals surface area contributed by atoms with E-state index in [1.54, 1.807) is 12.4 Å². The fourth-order valence-electron chi connectivity index (χ4n) is 1.90. The fourth-order valence-corrected chi connectivity index (χ4v) is 1.90. The third-order valence-electron chi connectivity index (χ3n) is 2.89. The molecule has 18 heavy (non-hydrogen) atoms. The zero-order valence-corrected chi connectivity index (χ0v) is 10.9. The Balaban J connectivity index is 2.27. The van der Waals surface area contributed by atoms with Crippen molar-refractivity contribution in [2.75, 3.05) is 6.54 Å². The SMILES string of the molecule is CCCNC(c1ccc(C)cc1)c1cnccn1. The highest BCUT2D eigenvalue weighted by atomic mass is 14.9. The van der Waals surface area contributed by atoms with Gasteiger partial charge in [0.2, 0.25) is 0 Å². The van der Waals surface area contributed by atoms with Crippen molar-refractivity contribution in [1.82, 2.24) is 15.3 Å². The summed E-state index contributed by atoms with van der Waals surface area (Å²) in [5.41, 5.74) is 3.47. The minimum absolute atomic E-state index is 0.124. The quantitative estimate of drug-likeness (QED) is 0.874. The Hall–Kier alpha value is -1.74. The monoisotopic (exact) mass is 241 g/mol. The molecule has 0 saturated heterocycles. The lowest BCUT2D eigenvalue weighted by Gasteiger charge is -2.18. The number of hydrogen-bond donors (Lipinski definition) is 1. The lowest BCUT2D eigenvalue weighted by atomic mass is 10.0. The molecule has 1 N–H and O–H groups in total. The highest BCUT2D eigenvalue weighted by molar-refractivity contribution is 5.29. The normalized spacial score (nSPS) is 12.3. The maximum Gasteiger partial charge on any atom is 0.0801 e. The molecular formula is C15H19N3. The van der Waals surface area contributed by atoms with Crippen molar-refractivity contribution in [3.8, 4) is 0 Å². The molecule has 0 radical (unpaired) electrons. The summed E-state index contributed by atoms with van der Waals surface area (Å²) in [7, 11) is 0. The molecule has 2 rings (SSSR count). The van der Waals surface area contributed by atoms with Crippen LogP contribution in [0.15, 0.2) is 42.9 Å². The molecule has 94 valence electrons. The first-order valence-corrected chi connectivity index (χ1v) is 6.37. The van der Waals surface area contributed by atoms with Crippen LogP contribution >= 0.6 is 0 Å². The Bertz CT molecular complexity index is 465.